The Bertz CT molecular complexity index is 537. The number of carboxylic acid groups (broad SMARTS) is 1. The highest BCUT2D eigenvalue weighted by Crippen LogP contribution is 2.43. The molecule has 0 aromatic heterocycles. The van der Waals surface area contributed by atoms with Gasteiger partial charge in [-0.15, -0.1) is 0 Å². The molecule has 1 aromatic carbocycles. The molecule has 2 aliphatic rings. The Kier molecular flexibility index (Phi) is 3.76. The van der Waals surface area contributed by atoms with Gasteiger partial charge in [0, 0.05) is 0 Å². The summed E-state index contributed by atoms with van der Waals surface area (Å²) in [7, 11) is 0. The van der Waals surface area contributed by atoms with Crippen LogP contribution in [0, 0.1) is 0 Å². The minimum absolute atomic E-state index is 0.104. The molecule has 2 fully saturated rings. The van der Waals surface area contributed by atoms with Crippen molar-refractivity contribution in [1.82, 2.24) is 0 Å². The lowest BCUT2D eigenvalue weighted by molar-refractivity contribution is -0.0508. The van der Waals surface area contributed by atoms with Crippen LogP contribution in [0.4, 0.5) is 5.69 Å². The van der Waals surface area contributed by atoms with Gasteiger partial charge < -0.3 is 20.3 Å². The number of ether oxygens (including phenoxy) is 2. The standard InChI is InChI=1S/C16H21NO4/c17-13-9-11(15(18)19)3-4-14(13)20-10-12-5-8-16(21-12)6-1-2-7-16/h3-4,9,12H,1-2,5-8,10,17H2,(H,18,19). The summed E-state index contributed by atoms with van der Waals surface area (Å²) in [5, 5.41) is 8.90. The lowest BCUT2D eigenvalue weighted by Gasteiger charge is -2.23. The molecule has 1 atom stereocenters. The summed E-state index contributed by atoms with van der Waals surface area (Å²) in [5.74, 6) is -0.466. The second-order valence-corrected chi connectivity index (χ2v) is 6.04. The topological polar surface area (TPSA) is 81.8 Å². The van der Waals surface area contributed by atoms with Crippen LogP contribution in [0.15, 0.2) is 18.2 Å². The minimum Gasteiger partial charge on any atom is -0.489 e. The summed E-state index contributed by atoms with van der Waals surface area (Å²) in [6.07, 6.45) is 7.11. The van der Waals surface area contributed by atoms with E-state index in [1.54, 1.807) is 6.07 Å². The maximum atomic E-state index is 10.9. The van der Waals surface area contributed by atoms with E-state index in [0.717, 1.165) is 12.8 Å². The quantitative estimate of drug-likeness (QED) is 0.834. The van der Waals surface area contributed by atoms with Gasteiger partial charge in [0.1, 0.15) is 12.4 Å². The fourth-order valence-corrected chi connectivity index (χ4v) is 3.40. The van der Waals surface area contributed by atoms with Gasteiger partial charge in [0.15, 0.2) is 0 Å². The molecular formula is C16H21NO4. The average molecular weight is 291 g/mol. The molecule has 1 aliphatic heterocycles. The Morgan fingerprint density at radius 3 is 2.81 bits per heavy atom. The minimum atomic E-state index is -0.990. The number of anilines is 1. The van der Waals surface area contributed by atoms with Crippen molar-refractivity contribution in [1.29, 1.82) is 0 Å². The molecule has 5 nitrogen and oxygen atoms in total. The first-order valence-electron chi connectivity index (χ1n) is 7.51. The highest BCUT2D eigenvalue weighted by Gasteiger charge is 2.42. The Labute approximate surface area is 124 Å². The van der Waals surface area contributed by atoms with Gasteiger partial charge in [-0.3, -0.25) is 0 Å². The number of nitrogens with two attached hydrogens (primary N) is 1. The zero-order valence-electron chi connectivity index (χ0n) is 12.0. The highest BCUT2D eigenvalue weighted by molar-refractivity contribution is 5.89. The van der Waals surface area contributed by atoms with Crippen LogP contribution in [0.2, 0.25) is 0 Å². The number of benzene rings is 1. The van der Waals surface area contributed by atoms with Crippen LogP contribution in [-0.2, 0) is 4.74 Å². The summed E-state index contributed by atoms with van der Waals surface area (Å²) < 4.78 is 11.9. The molecule has 1 saturated heterocycles. The fourth-order valence-electron chi connectivity index (χ4n) is 3.40. The van der Waals surface area contributed by atoms with Gasteiger partial charge in [-0.1, -0.05) is 12.8 Å². The van der Waals surface area contributed by atoms with Crippen LogP contribution in [0.1, 0.15) is 48.9 Å². The third-order valence-corrected chi connectivity index (χ3v) is 4.53. The summed E-state index contributed by atoms with van der Waals surface area (Å²) >= 11 is 0. The van der Waals surface area contributed by atoms with Crippen LogP contribution >= 0.6 is 0 Å². The smallest absolute Gasteiger partial charge is 0.335 e. The second-order valence-electron chi connectivity index (χ2n) is 6.04. The van der Waals surface area contributed by atoms with Crippen molar-refractivity contribution >= 4 is 11.7 Å². The summed E-state index contributed by atoms with van der Waals surface area (Å²) in [4.78, 5) is 10.9. The van der Waals surface area contributed by atoms with Gasteiger partial charge in [0.2, 0.25) is 0 Å². The van der Waals surface area contributed by atoms with Crippen LogP contribution in [0.25, 0.3) is 0 Å². The van der Waals surface area contributed by atoms with E-state index in [-0.39, 0.29) is 17.3 Å². The van der Waals surface area contributed by atoms with Crippen molar-refractivity contribution in [2.24, 2.45) is 0 Å². The Balaban J connectivity index is 1.57. The van der Waals surface area contributed by atoms with Crippen LogP contribution < -0.4 is 10.5 Å². The molecule has 1 saturated carbocycles. The number of nitrogen functional groups attached to an aromatic ring is 1. The highest BCUT2D eigenvalue weighted by atomic mass is 16.6. The first kappa shape index (κ1) is 14.2. The van der Waals surface area contributed by atoms with Crippen molar-refractivity contribution in [3.8, 4) is 5.75 Å². The van der Waals surface area contributed by atoms with Gasteiger partial charge in [-0.25, -0.2) is 4.79 Å². The molecule has 0 bridgehead atoms. The van der Waals surface area contributed by atoms with Crippen molar-refractivity contribution in [2.45, 2.75) is 50.2 Å². The third-order valence-electron chi connectivity index (χ3n) is 4.53. The van der Waals surface area contributed by atoms with Crippen molar-refractivity contribution in [3.05, 3.63) is 23.8 Å². The molecule has 1 aliphatic carbocycles. The molecule has 1 unspecified atom stereocenters. The van der Waals surface area contributed by atoms with E-state index in [0.29, 0.717) is 18.0 Å². The monoisotopic (exact) mass is 291 g/mol. The van der Waals surface area contributed by atoms with E-state index in [1.165, 1.54) is 37.8 Å². The predicted molar refractivity (Wildman–Crippen MR) is 78.6 cm³/mol. The molecular weight excluding hydrogens is 270 g/mol. The zero-order chi connectivity index (χ0) is 14.9. The van der Waals surface area contributed by atoms with E-state index >= 15 is 0 Å². The molecule has 0 amide bonds. The van der Waals surface area contributed by atoms with E-state index in [4.69, 9.17) is 20.3 Å². The average Bonchev–Trinajstić information content (AvgIpc) is 3.08. The summed E-state index contributed by atoms with van der Waals surface area (Å²) in [5.41, 5.74) is 6.45. The summed E-state index contributed by atoms with van der Waals surface area (Å²) in [6, 6.07) is 4.53. The number of carboxylic acids is 1. The molecule has 1 aromatic rings. The van der Waals surface area contributed by atoms with Crippen LogP contribution in [0.3, 0.4) is 0 Å². The number of aromatic carboxylic acids is 1. The number of hydrogen-bond donors (Lipinski definition) is 2. The van der Waals surface area contributed by atoms with Crippen LogP contribution in [-0.4, -0.2) is 29.4 Å². The van der Waals surface area contributed by atoms with Gasteiger partial charge in [-0.05, 0) is 43.9 Å². The lowest BCUT2D eigenvalue weighted by atomic mass is 9.98. The SMILES string of the molecule is Nc1cc(C(=O)O)ccc1OCC1CCC2(CCCC2)O1. The molecule has 1 spiro atoms. The number of carbonyl (C=O) groups is 1. The fraction of sp³-hybridized carbons (Fsp3) is 0.562. The normalized spacial score (nSPS) is 23.5. The number of hydrogen-bond acceptors (Lipinski definition) is 4. The lowest BCUT2D eigenvalue weighted by Crippen LogP contribution is -2.27. The maximum absolute atomic E-state index is 10.9. The van der Waals surface area contributed by atoms with Gasteiger partial charge in [0.05, 0.1) is 23.0 Å². The van der Waals surface area contributed by atoms with Gasteiger partial charge >= 0.3 is 5.97 Å². The van der Waals surface area contributed by atoms with Crippen molar-refractivity contribution < 1.29 is 19.4 Å². The Morgan fingerprint density at radius 1 is 1.38 bits per heavy atom. The Hall–Kier alpha value is -1.75. The molecule has 5 heteroatoms. The third kappa shape index (κ3) is 2.97. The maximum Gasteiger partial charge on any atom is 0.335 e. The van der Waals surface area contributed by atoms with Crippen molar-refractivity contribution in [3.63, 3.8) is 0 Å². The van der Waals surface area contributed by atoms with E-state index in [2.05, 4.69) is 0 Å². The largest absolute Gasteiger partial charge is 0.489 e. The van der Waals surface area contributed by atoms with Crippen molar-refractivity contribution in [2.75, 3.05) is 12.3 Å². The second kappa shape index (κ2) is 5.56. The van der Waals surface area contributed by atoms with E-state index < -0.39 is 5.97 Å². The van der Waals surface area contributed by atoms with Gasteiger partial charge in [0.25, 0.3) is 0 Å². The predicted octanol–water partition coefficient (Wildman–Crippen LogP) is 2.84. The molecule has 0 radical (unpaired) electrons. The first-order valence-corrected chi connectivity index (χ1v) is 7.51. The van der Waals surface area contributed by atoms with E-state index in [9.17, 15) is 4.79 Å². The Morgan fingerprint density at radius 2 is 2.14 bits per heavy atom. The molecule has 21 heavy (non-hydrogen) atoms. The van der Waals surface area contributed by atoms with E-state index in [1.807, 2.05) is 0 Å². The van der Waals surface area contributed by atoms with Crippen LogP contribution in [0.5, 0.6) is 5.75 Å². The molecule has 1 heterocycles. The summed E-state index contributed by atoms with van der Waals surface area (Å²) in [6.45, 7) is 0.471. The molecule has 3 N–H and O–H groups in total. The zero-order valence-corrected chi connectivity index (χ0v) is 12.0. The van der Waals surface area contributed by atoms with Gasteiger partial charge in [-0.2, -0.15) is 0 Å². The number of rotatable bonds is 4. The molecule has 114 valence electrons. The first-order chi connectivity index (χ1) is 10.1. The molecule has 3 rings (SSSR count).